The van der Waals surface area contributed by atoms with Crippen LogP contribution in [0.1, 0.15) is 12.8 Å². The first-order valence-electron chi connectivity index (χ1n) is 4.55. The van der Waals surface area contributed by atoms with Gasteiger partial charge in [0, 0.05) is 5.57 Å². The number of Topliss-reactive ketones (excluding diaryl/α,β-unsaturated/α-hetero) is 1. The predicted octanol–water partition coefficient (Wildman–Crippen LogP) is 1.16. The van der Waals surface area contributed by atoms with Crippen LogP contribution in [-0.4, -0.2) is 22.2 Å². The molecule has 1 aliphatic carbocycles. The van der Waals surface area contributed by atoms with E-state index in [2.05, 4.69) is 20.9 Å². The number of dihydropyridines is 1. The normalized spacial score (nSPS) is 30.1. The number of nitriles is 1. The number of ketones is 1. The number of aliphatic imine (C=N–C) groups is 1. The zero-order chi connectivity index (χ0) is 11.0. The number of hydrogen-bond acceptors (Lipinski definition) is 3. The lowest BCUT2D eigenvalue weighted by Crippen LogP contribution is -2.32. The lowest BCUT2D eigenvalue weighted by atomic mass is 9.87. The van der Waals surface area contributed by atoms with E-state index in [0.717, 1.165) is 0 Å². The van der Waals surface area contributed by atoms with Crippen molar-refractivity contribution in [2.75, 3.05) is 0 Å². The second kappa shape index (κ2) is 3.70. The molecule has 15 heavy (non-hydrogen) atoms. The van der Waals surface area contributed by atoms with E-state index < -0.39 is 11.8 Å². The molecule has 2 atom stereocenters. The van der Waals surface area contributed by atoms with Crippen LogP contribution in [0.3, 0.4) is 0 Å². The van der Waals surface area contributed by atoms with Crippen LogP contribution in [0.2, 0.25) is 0 Å². The maximum atomic E-state index is 11.7. The van der Waals surface area contributed by atoms with Gasteiger partial charge >= 0.3 is 0 Å². The van der Waals surface area contributed by atoms with Crippen molar-refractivity contribution in [2.45, 2.75) is 17.7 Å². The smallest absolute Gasteiger partial charge is 0.267 e. The van der Waals surface area contributed by atoms with Gasteiger partial charge in [-0.1, -0.05) is 15.9 Å². The summed E-state index contributed by atoms with van der Waals surface area (Å²) in [5.74, 6) is -1.43. The Balaban J connectivity index is 2.41. The second-order valence-corrected chi connectivity index (χ2v) is 4.56. The third-order valence-electron chi connectivity index (χ3n) is 2.48. The van der Waals surface area contributed by atoms with Crippen molar-refractivity contribution in [3.8, 4) is 6.07 Å². The highest BCUT2D eigenvalue weighted by Gasteiger charge is 2.34. The first-order chi connectivity index (χ1) is 7.13. The molecule has 0 bridgehead atoms. The molecule has 1 aliphatic heterocycles. The number of hydrogen-bond donors (Lipinski definition) is 0. The van der Waals surface area contributed by atoms with Gasteiger partial charge in [-0.05, 0) is 18.9 Å². The Hall–Kier alpha value is -1.28. The predicted molar refractivity (Wildman–Crippen MR) is 56.6 cm³/mol. The molecule has 0 aromatic rings. The van der Waals surface area contributed by atoms with E-state index in [4.69, 9.17) is 5.26 Å². The molecular formula is C10H7BrN2O2. The summed E-state index contributed by atoms with van der Waals surface area (Å²) in [6, 6.07) is 1.82. The van der Waals surface area contributed by atoms with Gasteiger partial charge in [-0.25, -0.2) is 4.99 Å². The maximum absolute atomic E-state index is 11.7. The molecule has 2 rings (SSSR count). The van der Waals surface area contributed by atoms with Crippen LogP contribution in [0.4, 0.5) is 0 Å². The summed E-state index contributed by atoms with van der Waals surface area (Å²) < 4.78 is 0. The number of rotatable bonds is 0. The molecule has 2 unspecified atom stereocenters. The minimum absolute atomic E-state index is 0.0762. The minimum Gasteiger partial charge on any atom is -0.293 e. The zero-order valence-corrected chi connectivity index (χ0v) is 9.32. The molecular weight excluding hydrogens is 260 g/mol. The molecule has 1 saturated carbocycles. The quantitative estimate of drug-likeness (QED) is 0.618. The Morgan fingerprint density at radius 2 is 2.27 bits per heavy atom. The maximum Gasteiger partial charge on any atom is 0.267 e. The number of allylic oxidation sites excluding steroid dienone is 1. The fraction of sp³-hybridized carbons (Fsp3) is 0.400. The SMILES string of the molecule is N#CC1C=C2C(=O)C(Br)CCC2=NC1=O. The van der Waals surface area contributed by atoms with Crippen molar-refractivity contribution < 1.29 is 9.59 Å². The molecule has 0 spiro atoms. The lowest BCUT2D eigenvalue weighted by molar-refractivity contribution is -0.119. The Morgan fingerprint density at radius 1 is 1.53 bits per heavy atom. The average molecular weight is 267 g/mol. The molecule has 1 amide bonds. The number of alkyl halides is 1. The van der Waals surface area contributed by atoms with Gasteiger partial charge in [-0.15, -0.1) is 0 Å². The number of carbonyl (C=O) groups is 2. The molecule has 1 heterocycles. The van der Waals surface area contributed by atoms with E-state index in [-0.39, 0.29) is 10.6 Å². The van der Waals surface area contributed by atoms with Crippen molar-refractivity contribution in [3.05, 3.63) is 11.6 Å². The summed E-state index contributed by atoms with van der Waals surface area (Å²) in [6.45, 7) is 0. The van der Waals surface area contributed by atoms with Crippen molar-refractivity contribution >= 4 is 33.3 Å². The van der Waals surface area contributed by atoms with Gasteiger partial charge in [-0.2, -0.15) is 5.26 Å². The summed E-state index contributed by atoms with van der Waals surface area (Å²) in [4.78, 5) is 26.6. The number of fused-ring (bicyclic) bond motifs is 1. The van der Waals surface area contributed by atoms with Crippen LogP contribution in [-0.2, 0) is 9.59 Å². The molecule has 0 aromatic carbocycles. The Morgan fingerprint density at radius 3 is 2.93 bits per heavy atom. The van der Waals surface area contributed by atoms with Gasteiger partial charge < -0.3 is 0 Å². The average Bonchev–Trinajstić information content (AvgIpc) is 2.23. The highest BCUT2D eigenvalue weighted by Crippen LogP contribution is 2.27. The van der Waals surface area contributed by atoms with Crippen LogP contribution in [0, 0.1) is 17.2 Å². The van der Waals surface area contributed by atoms with Gasteiger partial charge in [-0.3, -0.25) is 9.59 Å². The fourth-order valence-corrected chi connectivity index (χ4v) is 2.14. The van der Waals surface area contributed by atoms with E-state index in [1.807, 2.05) is 6.07 Å². The van der Waals surface area contributed by atoms with Crippen molar-refractivity contribution in [2.24, 2.45) is 10.9 Å². The number of nitrogens with zero attached hydrogens (tertiary/aromatic N) is 2. The van der Waals surface area contributed by atoms with Crippen LogP contribution in [0.25, 0.3) is 0 Å². The summed E-state index contributed by atoms with van der Waals surface area (Å²) in [7, 11) is 0. The molecule has 0 saturated heterocycles. The molecule has 1 fully saturated rings. The lowest BCUT2D eigenvalue weighted by Gasteiger charge is -2.23. The third-order valence-corrected chi connectivity index (χ3v) is 3.35. The Bertz CT molecular complexity index is 445. The number of carbonyl (C=O) groups excluding carboxylic acids is 2. The molecule has 5 heteroatoms. The fourth-order valence-electron chi connectivity index (χ4n) is 1.67. The molecule has 0 radical (unpaired) electrons. The van der Waals surface area contributed by atoms with E-state index in [0.29, 0.717) is 24.1 Å². The third kappa shape index (κ3) is 1.65. The largest absolute Gasteiger partial charge is 0.293 e. The monoisotopic (exact) mass is 266 g/mol. The van der Waals surface area contributed by atoms with Gasteiger partial charge in [0.2, 0.25) is 0 Å². The van der Waals surface area contributed by atoms with Crippen LogP contribution >= 0.6 is 15.9 Å². The van der Waals surface area contributed by atoms with E-state index in [1.54, 1.807) is 0 Å². The summed E-state index contributed by atoms with van der Waals surface area (Å²) >= 11 is 3.26. The van der Waals surface area contributed by atoms with Crippen molar-refractivity contribution in [1.82, 2.24) is 0 Å². The van der Waals surface area contributed by atoms with E-state index in [9.17, 15) is 9.59 Å². The highest BCUT2D eigenvalue weighted by molar-refractivity contribution is 9.10. The van der Waals surface area contributed by atoms with Crippen LogP contribution < -0.4 is 0 Å². The number of halogens is 1. The first kappa shape index (κ1) is 10.2. The van der Waals surface area contributed by atoms with Gasteiger partial charge in [0.05, 0.1) is 16.6 Å². The summed E-state index contributed by atoms with van der Waals surface area (Å²) in [5, 5.41) is 8.70. The van der Waals surface area contributed by atoms with Gasteiger partial charge in [0.1, 0.15) is 5.92 Å². The Kier molecular flexibility index (Phi) is 2.53. The number of amides is 1. The molecule has 2 aliphatic rings. The summed E-state index contributed by atoms with van der Waals surface area (Å²) in [5.41, 5.74) is 0.974. The minimum atomic E-state index is -0.898. The van der Waals surface area contributed by atoms with Crippen molar-refractivity contribution in [3.63, 3.8) is 0 Å². The molecule has 76 valence electrons. The first-order valence-corrected chi connectivity index (χ1v) is 5.46. The van der Waals surface area contributed by atoms with E-state index in [1.165, 1.54) is 6.08 Å². The topological polar surface area (TPSA) is 70.3 Å². The van der Waals surface area contributed by atoms with E-state index >= 15 is 0 Å². The molecule has 0 aromatic heterocycles. The van der Waals surface area contributed by atoms with Crippen LogP contribution in [0.15, 0.2) is 16.6 Å². The molecule has 0 N–H and O–H groups in total. The second-order valence-electron chi connectivity index (χ2n) is 3.45. The standard InChI is InChI=1S/C10H7BrN2O2/c11-7-1-2-8-6(9(7)14)3-5(4-12)10(15)13-8/h3,5,7H,1-2H2. The van der Waals surface area contributed by atoms with Crippen LogP contribution in [0.5, 0.6) is 0 Å². The highest BCUT2D eigenvalue weighted by atomic mass is 79.9. The summed E-state index contributed by atoms with van der Waals surface area (Å²) in [6.07, 6.45) is 2.69. The zero-order valence-electron chi connectivity index (χ0n) is 7.74. The van der Waals surface area contributed by atoms with Gasteiger partial charge in [0.15, 0.2) is 5.78 Å². The van der Waals surface area contributed by atoms with Crippen molar-refractivity contribution in [1.29, 1.82) is 5.26 Å². The molecule has 4 nitrogen and oxygen atoms in total. The van der Waals surface area contributed by atoms with Gasteiger partial charge in [0.25, 0.3) is 5.91 Å². The Labute approximate surface area is 94.8 Å².